The highest BCUT2D eigenvalue weighted by molar-refractivity contribution is 5.16. The summed E-state index contributed by atoms with van der Waals surface area (Å²) >= 11 is 0. The third-order valence-electron chi connectivity index (χ3n) is 1.41. The van der Waals surface area contributed by atoms with Gasteiger partial charge in [0.05, 0.1) is 0 Å². The van der Waals surface area contributed by atoms with Crippen LogP contribution < -0.4 is 5.56 Å². The summed E-state index contributed by atoms with van der Waals surface area (Å²) in [5, 5.41) is 10.0. The van der Waals surface area contributed by atoms with E-state index in [1.807, 2.05) is 0 Å². The Morgan fingerprint density at radius 3 is 2.92 bits per heavy atom. The molecule has 0 fully saturated rings. The fourth-order valence-corrected chi connectivity index (χ4v) is 0.891. The second kappa shape index (κ2) is 2.61. The van der Waals surface area contributed by atoms with Crippen LogP contribution in [0.25, 0.3) is 5.82 Å². The second-order valence-corrected chi connectivity index (χ2v) is 2.24. The van der Waals surface area contributed by atoms with Crippen molar-refractivity contribution in [2.75, 3.05) is 0 Å². The predicted molar refractivity (Wildman–Crippen MR) is 42.0 cm³/mol. The summed E-state index contributed by atoms with van der Waals surface area (Å²) in [6.45, 7) is 0. The normalized spacial score (nSPS) is 10.0. The summed E-state index contributed by atoms with van der Waals surface area (Å²) in [6, 6.07) is 4.93. The quantitative estimate of drug-likeness (QED) is 0.639. The molecule has 0 spiro atoms. The van der Waals surface area contributed by atoms with Gasteiger partial charge < -0.3 is 0 Å². The lowest BCUT2D eigenvalue weighted by atomic mass is 10.5. The van der Waals surface area contributed by atoms with Crippen molar-refractivity contribution in [1.82, 2.24) is 20.0 Å². The summed E-state index contributed by atoms with van der Waals surface area (Å²) in [7, 11) is 0. The fraction of sp³-hybridized carbons (Fsp3) is 0. The SMILES string of the molecule is O=c1ccn(-c2cccnn2)[nH]1. The molecule has 0 saturated heterocycles. The van der Waals surface area contributed by atoms with E-state index in [-0.39, 0.29) is 5.56 Å². The number of H-pyrrole nitrogens is 1. The maximum Gasteiger partial charge on any atom is 0.264 e. The maximum atomic E-state index is 10.7. The average Bonchev–Trinajstić information content (AvgIpc) is 2.54. The Morgan fingerprint density at radius 1 is 1.42 bits per heavy atom. The molecular formula is C7H6N4O. The minimum atomic E-state index is -0.152. The Bertz CT molecular complexity index is 416. The molecule has 0 unspecified atom stereocenters. The lowest BCUT2D eigenvalue weighted by Gasteiger charge is -1.96. The van der Waals surface area contributed by atoms with E-state index in [0.29, 0.717) is 5.82 Å². The minimum absolute atomic E-state index is 0.152. The number of hydrogen-bond acceptors (Lipinski definition) is 3. The van der Waals surface area contributed by atoms with Crippen LogP contribution >= 0.6 is 0 Å². The Balaban J connectivity index is 2.51. The summed E-state index contributed by atoms with van der Waals surface area (Å²) in [5.74, 6) is 0.597. The number of nitrogens with zero attached hydrogens (tertiary/aromatic N) is 3. The maximum absolute atomic E-state index is 10.7. The Morgan fingerprint density at radius 2 is 2.33 bits per heavy atom. The van der Waals surface area contributed by atoms with E-state index in [2.05, 4.69) is 15.3 Å². The van der Waals surface area contributed by atoms with Crippen LogP contribution in [0.2, 0.25) is 0 Å². The van der Waals surface area contributed by atoms with E-state index in [0.717, 1.165) is 0 Å². The van der Waals surface area contributed by atoms with Gasteiger partial charge >= 0.3 is 0 Å². The van der Waals surface area contributed by atoms with Crippen LogP contribution in [0.4, 0.5) is 0 Å². The summed E-state index contributed by atoms with van der Waals surface area (Å²) in [6.07, 6.45) is 3.18. The molecule has 0 saturated carbocycles. The van der Waals surface area contributed by atoms with Crippen LogP contribution in [0.15, 0.2) is 35.4 Å². The molecule has 12 heavy (non-hydrogen) atoms. The van der Waals surface area contributed by atoms with Crippen molar-refractivity contribution in [1.29, 1.82) is 0 Å². The van der Waals surface area contributed by atoms with Crippen LogP contribution in [0.1, 0.15) is 0 Å². The van der Waals surface area contributed by atoms with E-state index in [1.165, 1.54) is 10.7 Å². The van der Waals surface area contributed by atoms with E-state index in [9.17, 15) is 4.79 Å². The first-order valence-electron chi connectivity index (χ1n) is 3.42. The molecule has 2 aromatic rings. The molecule has 0 radical (unpaired) electrons. The first kappa shape index (κ1) is 6.78. The summed E-state index contributed by atoms with van der Waals surface area (Å²) in [5.41, 5.74) is -0.152. The van der Waals surface area contributed by atoms with E-state index in [4.69, 9.17) is 0 Å². The third-order valence-corrected chi connectivity index (χ3v) is 1.41. The molecule has 2 aromatic heterocycles. The Kier molecular flexibility index (Phi) is 1.48. The van der Waals surface area contributed by atoms with Crippen molar-refractivity contribution in [3.63, 3.8) is 0 Å². The van der Waals surface area contributed by atoms with Crippen LogP contribution in [-0.4, -0.2) is 20.0 Å². The zero-order valence-corrected chi connectivity index (χ0v) is 6.14. The molecule has 0 bridgehead atoms. The van der Waals surface area contributed by atoms with Crippen LogP contribution in [0.5, 0.6) is 0 Å². The van der Waals surface area contributed by atoms with Crippen molar-refractivity contribution in [2.45, 2.75) is 0 Å². The van der Waals surface area contributed by atoms with Gasteiger partial charge in [0.25, 0.3) is 5.56 Å². The number of rotatable bonds is 1. The zero-order valence-electron chi connectivity index (χ0n) is 6.14. The first-order chi connectivity index (χ1) is 5.86. The molecule has 0 atom stereocenters. The molecule has 60 valence electrons. The van der Waals surface area contributed by atoms with Gasteiger partial charge in [-0.25, -0.2) is 4.68 Å². The highest BCUT2D eigenvalue weighted by atomic mass is 16.1. The van der Waals surface area contributed by atoms with E-state index < -0.39 is 0 Å². The first-order valence-corrected chi connectivity index (χ1v) is 3.42. The summed E-state index contributed by atoms with van der Waals surface area (Å²) in [4.78, 5) is 10.7. The van der Waals surface area contributed by atoms with E-state index >= 15 is 0 Å². The van der Waals surface area contributed by atoms with Crippen molar-refractivity contribution >= 4 is 0 Å². The van der Waals surface area contributed by atoms with Gasteiger partial charge in [-0.3, -0.25) is 9.89 Å². The van der Waals surface area contributed by atoms with Crippen molar-refractivity contribution < 1.29 is 0 Å². The molecule has 5 heteroatoms. The molecule has 0 aliphatic carbocycles. The number of nitrogens with one attached hydrogen (secondary N) is 1. The summed E-state index contributed by atoms with van der Waals surface area (Å²) < 4.78 is 1.51. The van der Waals surface area contributed by atoms with Gasteiger partial charge in [0.2, 0.25) is 0 Å². The highest BCUT2D eigenvalue weighted by Gasteiger charge is 1.95. The van der Waals surface area contributed by atoms with Crippen molar-refractivity contribution in [3.05, 3.63) is 40.9 Å². The number of aromatic amines is 1. The highest BCUT2D eigenvalue weighted by Crippen LogP contribution is 1.95. The van der Waals surface area contributed by atoms with Crippen LogP contribution in [-0.2, 0) is 0 Å². The molecule has 5 nitrogen and oxygen atoms in total. The van der Waals surface area contributed by atoms with Gasteiger partial charge in [-0.2, -0.15) is 5.10 Å². The number of aromatic nitrogens is 4. The topological polar surface area (TPSA) is 63.6 Å². The van der Waals surface area contributed by atoms with Crippen LogP contribution in [0.3, 0.4) is 0 Å². The zero-order chi connectivity index (χ0) is 8.39. The minimum Gasteiger partial charge on any atom is -0.268 e. The average molecular weight is 162 g/mol. The van der Waals surface area contributed by atoms with Gasteiger partial charge in [0.15, 0.2) is 5.82 Å². The molecule has 0 aromatic carbocycles. The fourth-order valence-electron chi connectivity index (χ4n) is 0.891. The Labute approximate surface area is 67.7 Å². The predicted octanol–water partition coefficient (Wildman–Crippen LogP) is -0.0444. The molecular weight excluding hydrogens is 156 g/mol. The lowest BCUT2D eigenvalue weighted by Crippen LogP contribution is -2.04. The van der Waals surface area contributed by atoms with E-state index in [1.54, 1.807) is 24.5 Å². The van der Waals surface area contributed by atoms with Gasteiger partial charge in [0, 0.05) is 18.5 Å². The van der Waals surface area contributed by atoms with Crippen LogP contribution in [0, 0.1) is 0 Å². The largest absolute Gasteiger partial charge is 0.268 e. The molecule has 2 heterocycles. The number of hydrogen-bond donors (Lipinski definition) is 1. The third kappa shape index (κ3) is 1.12. The molecule has 1 N–H and O–H groups in total. The lowest BCUT2D eigenvalue weighted by molar-refractivity contribution is 0.804. The standard InChI is InChI=1S/C7H6N4O/c12-7-3-5-11(10-7)6-2-1-4-8-9-6/h1-5H,(H,10,12). The second-order valence-electron chi connectivity index (χ2n) is 2.24. The Hall–Kier alpha value is -1.91. The van der Waals surface area contributed by atoms with Crippen molar-refractivity contribution in [2.24, 2.45) is 0 Å². The molecule has 0 aliphatic rings. The van der Waals surface area contributed by atoms with Gasteiger partial charge in [-0.1, -0.05) is 0 Å². The van der Waals surface area contributed by atoms with Gasteiger partial charge in [-0.15, -0.1) is 5.10 Å². The monoisotopic (exact) mass is 162 g/mol. The molecule has 0 aliphatic heterocycles. The van der Waals surface area contributed by atoms with Gasteiger partial charge in [-0.05, 0) is 12.1 Å². The van der Waals surface area contributed by atoms with Crippen molar-refractivity contribution in [3.8, 4) is 5.82 Å². The molecule has 2 rings (SSSR count). The smallest absolute Gasteiger partial charge is 0.264 e. The molecule has 0 amide bonds. The van der Waals surface area contributed by atoms with Gasteiger partial charge in [0.1, 0.15) is 0 Å².